The van der Waals surface area contributed by atoms with Crippen LogP contribution in [0.2, 0.25) is 0 Å². The van der Waals surface area contributed by atoms with E-state index in [1.807, 2.05) is 4.90 Å². The van der Waals surface area contributed by atoms with E-state index in [1.54, 1.807) is 12.1 Å². The number of hydrogen-bond acceptors (Lipinski definition) is 5. The van der Waals surface area contributed by atoms with Crippen LogP contribution in [0.1, 0.15) is 51.4 Å². The summed E-state index contributed by atoms with van der Waals surface area (Å²) in [6.07, 6.45) is 4.51. The fraction of sp³-hybridized carbons (Fsp3) is 0.562. The number of esters is 1. The van der Waals surface area contributed by atoms with E-state index in [2.05, 4.69) is 10.1 Å². The molecule has 23 heavy (non-hydrogen) atoms. The van der Waals surface area contributed by atoms with Gasteiger partial charge in [-0.15, -0.1) is 11.3 Å². The van der Waals surface area contributed by atoms with Gasteiger partial charge in [0.1, 0.15) is 4.88 Å². The lowest BCUT2D eigenvalue weighted by Gasteiger charge is -2.20. The van der Waals surface area contributed by atoms with Crippen LogP contribution in [0, 0.1) is 0 Å². The summed E-state index contributed by atoms with van der Waals surface area (Å²) >= 11 is 1.11. The maximum Gasteiger partial charge on any atom is 0.348 e. The van der Waals surface area contributed by atoms with Gasteiger partial charge in [-0.1, -0.05) is 6.42 Å². The van der Waals surface area contributed by atoms with E-state index in [9.17, 15) is 14.4 Å². The molecule has 1 aliphatic heterocycles. The van der Waals surface area contributed by atoms with E-state index in [-0.39, 0.29) is 11.8 Å². The standard InChI is InChI=1S/C16H22N2O4S/c1-22-16(21)13-8-7-12(23-13)15(20)17-9-5-11-18-10-4-2-3-6-14(18)19/h7-8H,2-6,9-11H2,1H3,(H,17,20). The molecular formula is C16H22N2O4S. The number of carbonyl (C=O) groups is 3. The van der Waals surface area contributed by atoms with Gasteiger partial charge in [-0.05, 0) is 31.4 Å². The summed E-state index contributed by atoms with van der Waals surface area (Å²) < 4.78 is 4.62. The Bertz CT molecular complexity index is 570. The van der Waals surface area contributed by atoms with Gasteiger partial charge in [-0.3, -0.25) is 9.59 Å². The molecule has 2 amide bonds. The van der Waals surface area contributed by atoms with Gasteiger partial charge in [-0.2, -0.15) is 0 Å². The Labute approximate surface area is 139 Å². The van der Waals surface area contributed by atoms with Gasteiger partial charge in [0.15, 0.2) is 0 Å². The maximum absolute atomic E-state index is 12.0. The summed E-state index contributed by atoms with van der Waals surface area (Å²) in [7, 11) is 1.31. The molecule has 1 fully saturated rings. The lowest BCUT2D eigenvalue weighted by molar-refractivity contribution is -0.130. The quantitative estimate of drug-likeness (QED) is 0.636. The normalized spacial score (nSPS) is 15.2. The highest BCUT2D eigenvalue weighted by Crippen LogP contribution is 2.17. The molecule has 0 unspecified atom stereocenters. The molecule has 1 aromatic heterocycles. The Balaban J connectivity index is 1.73. The SMILES string of the molecule is COC(=O)c1ccc(C(=O)NCCCN2CCCCCC2=O)s1. The Kier molecular flexibility index (Phi) is 6.58. The van der Waals surface area contributed by atoms with Gasteiger partial charge in [0, 0.05) is 26.1 Å². The molecule has 126 valence electrons. The predicted octanol–water partition coefficient (Wildman–Crippen LogP) is 2.06. The minimum Gasteiger partial charge on any atom is -0.465 e. The molecule has 0 spiro atoms. The second-order valence-corrected chi connectivity index (χ2v) is 6.54. The van der Waals surface area contributed by atoms with Crippen molar-refractivity contribution in [2.24, 2.45) is 0 Å². The van der Waals surface area contributed by atoms with Crippen molar-refractivity contribution in [3.63, 3.8) is 0 Å². The van der Waals surface area contributed by atoms with Crippen LogP contribution in [0.15, 0.2) is 12.1 Å². The first kappa shape index (κ1) is 17.5. The number of rotatable bonds is 6. The van der Waals surface area contributed by atoms with Gasteiger partial charge in [0.05, 0.1) is 12.0 Å². The minimum atomic E-state index is -0.436. The largest absolute Gasteiger partial charge is 0.465 e. The average molecular weight is 338 g/mol. The lowest BCUT2D eigenvalue weighted by atomic mass is 10.2. The number of amides is 2. The van der Waals surface area contributed by atoms with E-state index in [1.165, 1.54) is 7.11 Å². The zero-order chi connectivity index (χ0) is 16.7. The molecule has 7 heteroatoms. The lowest BCUT2D eigenvalue weighted by Crippen LogP contribution is -2.33. The van der Waals surface area contributed by atoms with Crippen LogP contribution in [0.5, 0.6) is 0 Å². The second-order valence-electron chi connectivity index (χ2n) is 5.46. The van der Waals surface area contributed by atoms with Crippen molar-refractivity contribution >= 4 is 29.1 Å². The Hall–Kier alpha value is -1.89. The maximum atomic E-state index is 12.0. The minimum absolute atomic E-state index is 0.202. The smallest absolute Gasteiger partial charge is 0.348 e. The number of hydrogen-bond donors (Lipinski definition) is 1. The fourth-order valence-corrected chi connectivity index (χ4v) is 3.34. The highest BCUT2D eigenvalue weighted by atomic mass is 32.1. The fourth-order valence-electron chi connectivity index (χ4n) is 2.50. The van der Waals surface area contributed by atoms with Crippen LogP contribution in [0.4, 0.5) is 0 Å². The summed E-state index contributed by atoms with van der Waals surface area (Å²) in [4.78, 5) is 38.0. The van der Waals surface area contributed by atoms with Gasteiger partial charge >= 0.3 is 5.97 Å². The molecule has 0 radical (unpaired) electrons. The third-order valence-corrected chi connectivity index (χ3v) is 4.84. The van der Waals surface area contributed by atoms with Crippen molar-refractivity contribution in [3.8, 4) is 0 Å². The Morgan fingerprint density at radius 1 is 1.26 bits per heavy atom. The van der Waals surface area contributed by atoms with Gasteiger partial charge in [-0.25, -0.2) is 4.79 Å². The molecule has 1 aliphatic rings. The molecule has 0 aromatic carbocycles. The van der Waals surface area contributed by atoms with Crippen LogP contribution in [0.3, 0.4) is 0 Å². The zero-order valence-electron chi connectivity index (χ0n) is 13.3. The van der Waals surface area contributed by atoms with Crippen molar-refractivity contribution < 1.29 is 19.1 Å². The van der Waals surface area contributed by atoms with Crippen molar-refractivity contribution in [1.82, 2.24) is 10.2 Å². The molecular weight excluding hydrogens is 316 g/mol. The summed E-state index contributed by atoms with van der Waals surface area (Å²) in [6, 6.07) is 3.20. The zero-order valence-corrected chi connectivity index (χ0v) is 14.1. The van der Waals surface area contributed by atoms with Crippen molar-refractivity contribution in [3.05, 3.63) is 21.9 Å². The van der Waals surface area contributed by atoms with E-state index in [0.717, 1.165) is 43.6 Å². The Morgan fingerprint density at radius 2 is 2.04 bits per heavy atom. The van der Waals surface area contributed by atoms with E-state index >= 15 is 0 Å². The van der Waals surface area contributed by atoms with Crippen LogP contribution in [-0.4, -0.2) is 49.4 Å². The number of carbonyl (C=O) groups excluding carboxylic acids is 3. The number of likely N-dealkylation sites (tertiary alicyclic amines) is 1. The van der Waals surface area contributed by atoms with E-state index in [0.29, 0.717) is 29.3 Å². The first-order valence-electron chi connectivity index (χ1n) is 7.86. The molecule has 0 atom stereocenters. The van der Waals surface area contributed by atoms with Crippen LogP contribution >= 0.6 is 11.3 Å². The second kappa shape index (κ2) is 8.67. The molecule has 6 nitrogen and oxygen atoms in total. The van der Waals surface area contributed by atoms with Gasteiger partial charge in [0.25, 0.3) is 5.91 Å². The molecule has 0 saturated carbocycles. The summed E-state index contributed by atoms with van der Waals surface area (Å²) in [5, 5.41) is 2.82. The number of nitrogens with one attached hydrogen (secondary N) is 1. The highest BCUT2D eigenvalue weighted by molar-refractivity contribution is 7.15. The third-order valence-electron chi connectivity index (χ3n) is 3.78. The molecule has 0 bridgehead atoms. The molecule has 1 N–H and O–H groups in total. The topological polar surface area (TPSA) is 75.7 Å². The number of methoxy groups -OCH3 is 1. The molecule has 2 heterocycles. The first-order chi connectivity index (χ1) is 11.1. The summed E-state index contributed by atoms with van der Waals surface area (Å²) in [6.45, 7) is 2.01. The number of ether oxygens (including phenoxy) is 1. The average Bonchev–Trinajstić information content (AvgIpc) is 2.96. The van der Waals surface area contributed by atoms with Gasteiger partial charge < -0.3 is 15.0 Å². The Morgan fingerprint density at radius 3 is 2.83 bits per heavy atom. The number of thiophene rings is 1. The van der Waals surface area contributed by atoms with E-state index < -0.39 is 5.97 Å². The van der Waals surface area contributed by atoms with Crippen molar-refractivity contribution in [1.29, 1.82) is 0 Å². The van der Waals surface area contributed by atoms with Gasteiger partial charge in [0.2, 0.25) is 5.91 Å². The first-order valence-corrected chi connectivity index (χ1v) is 8.67. The predicted molar refractivity (Wildman–Crippen MR) is 87.7 cm³/mol. The molecule has 0 aliphatic carbocycles. The summed E-state index contributed by atoms with van der Waals surface area (Å²) in [5.74, 6) is -0.420. The van der Waals surface area contributed by atoms with Crippen LogP contribution < -0.4 is 5.32 Å². The van der Waals surface area contributed by atoms with Crippen LogP contribution in [0.25, 0.3) is 0 Å². The van der Waals surface area contributed by atoms with Crippen molar-refractivity contribution in [2.45, 2.75) is 32.1 Å². The molecule has 1 saturated heterocycles. The summed E-state index contributed by atoms with van der Waals surface area (Å²) in [5.41, 5.74) is 0. The third kappa shape index (κ3) is 5.06. The highest BCUT2D eigenvalue weighted by Gasteiger charge is 2.16. The van der Waals surface area contributed by atoms with E-state index in [4.69, 9.17) is 0 Å². The molecule has 1 aromatic rings. The van der Waals surface area contributed by atoms with Crippen LogP contribution in [-0.2, 0) is 9.53 Å². The molecule has 2 rings (SSSR count). The number of nitrogens with zero attached hydrogens (tertiary/aromatic N) is 1. The monoisotopic (exact) mass is 338 g/mol. The van der Waals surface area contributed by atoms with Crippen molar-refractivity contribution in [2.75, 3.05) is 26.7 Å².